The molecule has 4 aromatic rings. The number of urea groups is 1. The van der Waals surface area contributed by atoms with Gasteiger partial charge in [-0.05, 0) is 113 Å². The number of hydrogen-bond acceptors (Lipinski definition) is 9. The summed E-state index contributed by atoms with van der Waals surface area (Å²) < 4.78 is 8.41. The van der Waals surface area contributed by atoms with E-state index >= 15 is 0 Å². The number of fused-ring (bicyclic) bond motifs is 1. The summed E-state index contributed by atoms with van der Waals surface area (Å²) in [6.07, 6.45) is 10.1. The number of benzene rings is 2. The van der Waals surface area contributed by atoms with Crippen molar-refractivity contribution in [2.24, 2.45) is 5.92 Å². The first-order valence-electron chi connectivity index (χ1n) is 19.5. The van der Waals surface area contributed by atoms with E-state index in [1.54, 1.807) is 29.2 Å². The van der Waals surface area contributed by atoms with Crippen LogP contribution in [-0.4, -0.2) is 88.4 Å². The standard InChI is InChI=1S/C41H46ClN9O4/c42-34-24-32(7-4-28(34)25-43)55-31-8-5-29(6-9-31)44-40(53)35-10-11-38(47-46-35)49-20-14-30(15-21-49)48-18-12-27(13-19-48)26-50-22-16-33-36(50)2-1-3-37(33)51-23-17-39(52)45-41(51)54/h1-4,7,10-11,16,22,24,27,29-31H,5-6,8-9,12-15,17-21,23,26H2,(H,44,53)(H,45,52,54). The van der Waals surface area contributed by atoms with E-state index in [1.165, 1.54) is 0 Å². The van der Waals surface area contributed by atoms with Crippen molar-refractivity contribution in [3.8, 4) is 11.8 Å². The number of hydrogen-bond donors (Lipinski definition) is 2. The van der Waals surface area contributed by atoms with Gasteiger partial charge in [-0.3, -0.25) is 19.8 Å². The third-order valence-electron chi connectivity index (χ3n) is 11.8. The van der Waals surface area contributed by atoms with Crippen molar-refractivity contribution in [3.05, 3.63) is 77.1 Å². The second-order valence-electron chi connectivity index (χ2n) is 15.2. The van der Waals surface area contributed by atoms with Crippen molar-refractivity contribution >= 4 is 51.9 Å². The first-order chi connectivity index (χ1) is 26.8. The number of ether oxygens (including phenoxy) is 1. The summed E-state index contributed by atoms with van der Waals surface area (Å²) in [7, 11) is 0. The highest BCUT2D eigenvalue weighted by molar-refractivity contribution is 6.31. The molecule has 4 amide bonds. The summed E-state index contributed by atoms with van der Waals surface area (Å²) in [5.41, 5.74) is 2.72. The van der Waals surface area contributed by atoms with Crippen molar-refractivity contribution < 1.29 is 19.1 Å². The molecule has 2 aromatic heterocycles. The number of nitrogens with one attached hydrogen (secondary N) is 2. The number of halogens is 1. The second kappa shape index (κ2) is 16.3. The quantitative estimate of drug-likeness (QED) is 0.213. The third-order valence-corrected chi connectivity index (χ3v) is 12.1. The van der Waals surface area contributed by atoms with E-state index in [0.29, 0.717) is 47.0 Å². The monoisotopic (exact) mass is 763 g/mol. The largest absolute Gasteiger partial charge is 0.490 e. The van der Waals surface area contributed by atoms with Crippen LogP contribution in [0, 0.1) is 17.2 Å². The van der Waals surface area contributed by atoms with E-state index in [1.807, 2.05) is 18.2 Å². The number of likely N-dealkylation sites (tertiary alicyclic amines) is 1. The fraction of sp³-hybridized carbons (Fsp3) is 0.463. The zero-order valence-electron chi connectivity index (χ0n) is 30.8. The molecule has 0 atom stereocenters. The molecule has 4 aliphatic rings. The van der Waals surface area contributed by atoms with Gasteiger partial charge < -0.3 is 24.4 Å². The minimum absolute atomic E-state index is 0.0347. The first kappa shape index (κ1) is 36.8. The molecule has 3 saturated heterocycles. The number of piperidine rings is 2. The summed E-state index contributed by atoms with van der Waals surface area (Å²) in [6.45, 7) is 5.34. The number of rotatable bonds is 9. The molecule has 3 aliphatic heterocycles. The fourth-order valence-corrected chi connectivity index (χ4v) is 8.90. The molecular formula is C41H46ClN9O4. The number of anilines is 2. The van der Waals surface area contributed by atoms with Crippen molar-refractivity contribution in [1.82, 2.24) is 30.3 Å². The molecular weight excluding hydrogens is 718 g/mol. The Morgan fingerprint density at radius 2 is 1.73 bits per heavy atom. The highest BCUT2D eigenvalue weighted by atomic mass is 35.5. The van der Waals surface area contributed by atoms with Crippen LogP contribution in [0.2, 0.25) is 5.02 Å². The fourth-order valence-electron chi connectivity index (χ4n) is 8.69. The third kappa shape index (κ3) is 8.26. The molecule has 4 fully saturated rings. The summed E-state index contributed by atoms with van der Waals surface area (Å²) >= 11 is 6.15. The molecule has 2 N–H and O–H groups in total. The normalized spacial score (nSPS) is 21.7. The number of carbonyl (C=O) groups is 3. The minimum Gasteiger partial charge on any atom is -0.490 e. The topological polar surface area (TPSA) is 149 Å². The molecule has 0 spiro atoms. The smallest absolute Gasteiger partial charge is 0.328 e. The van der Waals surface area contributed by atoms with Crippen molar-refractivity contribution in [2.75, 3.05) is 42.5 Å². The number of aromatic nitrogens is 3. The summed E-state index contributed by atoms with van der Waals surface area (Å²) in [4.78, 5) is 43.8. The first-order valence-corrected chi connectivity index (χ1v) is 19.9. The van der Waals surface area contributed by atoms with Crippen LogP contribution >= 0.6 is 11.6 Å². The Labute approximate surface area is 325 Å². The molecule has 5 heterocycles. The van der Waals surface area contributed by atoms with Gasteiger partial charge in [-0.1, -0.05) is 17.7 Å². The van der Waals surface area contributed by atoms with Gasteiger partial charge in [0.1, 0.15) is 11.8 Å². The van der Waals surface area contributed by atoms with Crippen LogP contribution in [0.25, 0.3) is 10.9 Å². The average Bonchev–Trinajstić information content (AvgIpc) is 3.62. The van der Waals surface area contributed by atoms with E-state index in [0.717, 1.165) is 106 Å². The Morgan fingerprint density at radius 1 is 0.927 bits per heavy atom. The predicted molar refractivity (Wildman–Crippen MR) is 209 cm³/mol. The highest BCUT2D eigenvalue weighted by Gasteiger charge is 2.31. The molecule has 1 saturated carbocycles. The van der Waals surface area contributed by atoms with Crippen LogP contribution in [0.4, 0.5) is 16.3 Å². The Kier molecular flexibility index (Phi) is 10.9. The molecule has 8 rings (SSSR count). The number of carbonyl (C=O) groups excluding carboxylic acids is 3. The molecule has 1 aliphatic carbocycles. The van der Waals surface area contributed by atoms with Gasteiger partial charge in [0.25, 0.3) is 5.91 Å². The van der Waals surface area contributed by atoms with Crippen LogP contribution in [-0.2, 0) is 11.3 Å². The maximum absolute atomic E-state index is 13.0. The second-order valence-corrected chi connectivity index (χ2v) is 15.6. The van der Waals surface area contributed by atoms with Gasteiger partial charge in [0.05, 0.1) is 27.9 Å². The van der Waals surface area contributed by atoms with E-state index in [2.05, 4.69) is 59.6 Å². The lowest BCUT2D eigenvalue weighted by Crippen LogP contribution is -2.49. The SMILES string of the molecule is N#Cc1ccc(OC2CCC(NC(=O)c3ccc(N4CCC(N5CCC(Cn6ccc7c(N8CCC(=O)NC8=O)cccc76)CC5)CC4)nn3)CC2)cc1Cl. The van der Waals surface area contributed by atoms with Gasteiger partial charge in [0, 0.05) is 62.3 Å². The Balaban J connectivity index is 0.762. The number of imide groups is 1. The molecule has 0 unspecified atom stereocenters. The van der Waals surface area contributed by atoms with Gasteiger partial charge in [0.15, 0.2) is 11.5 Å². The van der Waals surface area contributed by atoms with Gasteiger partial charge >= 0.3 is 6.03 Å². The van der Waals surface area contributed by atoms with Crippen LogP contribution in [0.5, 0.6) is 5.75 Å². The highest BCUT2D eigenvalue weighted by Crippen LogP contribution is 2.32. The molecule has 0 radical (unpaired) electrons. The number of amides is 4. The van der Waals surface area contributed by atoms with Gasteiger partial charge in [-0.25, -0.2) is 4.79 Å². The van der Waals surface area contributed by atoms with E-state index in [9.17, 15) is 14.4 Å². The molecule has 2 aromatic carbocycles. The Morgan fingerprint density at radius 3 is 2.44 bits per heavy atom. The van der Waals surface area contributed by atoms with Gasteiger partial charge in [-0.15, -0.1) is 10.2 Å². The van der Waals surface area contributed by atoms with E-state index in [4.69, 9.17) is 21.6 Å². The maximum atomic E-state index is 13.0. The molecule has 13 nitrogen and oxygen atoms in total. The molecule has 55 heavy (non-hydrogen) atoms. The molecule has 286 valence electrons. The summed E-state index contributed by atoms with van der Waals surface area (Å²) in [6, 6.07) is 19.3. The number of nitriles is 1. The van der Waals surface area contributed by atoms with Crippen LogP contribution < -0.4 is 25.2 Å². The maximum Gasteiger partial charge on any atom is 0.328 e. The lowest BCUT2D eigenvalue weighted by atomic mass is 9.92. The number of nitrogens with zero attached hydrogens (tertiary/aromatic N) is 7. The Bertz CT molecular complexity index is 2080. The van der Waals surface area contributed by atoms with Crippen molar-refractivity contribution in [1.29, 1.82) is 5.26 Å². The zero-order chi connectivity index (χ0) is 37.9. The lowest BCUT2D eigenvalue weighted by molar-refractivity contribution is -0.120. The van der Waals surface area contributed by atoms with Crippen LogP contribution in [0.15, 0.2) is 60.8 Å². The minimum atomic E-state index is -0.354. The van der Waals surface area contributed by atoms with Crippen LogP contribution in [0.1, 0.15) is 73.8 Å². The summed E-state index contributed by atoms with van der Waals surface area (Å²) in [5.74, 6) is 1.62. The van der Waals surface area contributed by atoms with E-state index < -0.39 is 0 Å². The molecule has 14 heteroatoms. The summed E-state index contributed by atoms with van der Waals surface area (Å²) in [5, 5.41) is 24.8. The van der Waals surface area contributed by atoms with Gasteiger partial charge in [0.2, 0.25) is 5.91 Å². The Hall–Kier alpha value is -5.19. The van der Waals surface area contributed by atoms with E-state index in [-0.39, 0.29) is 30.0 Å². The van der Waals surface area contributed by atoms with Gasteiger partial charge in [-0.2, -0.15) is 5.26 Å². The lowest BCUT2D eigenvalue weighted by Gasteiger charge is -2.42. The molecule has 0 bridgehead atoms. The van der Waals surface area contributed by atoms with Crippen molar-refractivity contribution in [2.45, 2.75) is 82.5 Å². The predicted octanol–water partition coefficient (Wildman–Crippen LogP) is 5.90. The average molecular weight is 764 g/mol. The zero-order valence-corrected chi connectivity index (χ0v) is 31.6. The van der Waals surface area contributed by atoms with Crippen LogP contribution in [0.3, 0.4) is 0 Å². The van der Waals surface area contributed by atoms with Crippen molar-refractivity contribution in [3.63, 3.8) is 0 Å².